The fraction of sp³-hybridized carbons (Fsp3) is 0.400. The van der Waals surface area contributed by atoms with Crippen LogP contribution in [-0.2, 0) is 6.54 Å². The van der Waals surface area contributed by atoms with Gasteiger partial charge >= 0.3 is 0 Å². The first-order valence-corrected chi connectivity index (χ1v) is 9.31. The molecule has 144 valence electrons. The van der Waals surface area contributed by atoms with Crippen LogP contribution in [0.1, 0.15) is 49.3 Å². The molecule has 0 aliphatic heterocycles. The fourth-order valence-corrected chi connectivity index (χ4v) is 3.00. The van der Waals surface area contributed by atoms with Gasteiger partial charge in [-0.15, -0.1) is 0 Å². The number of aryl methyl sites for hydroxylation is 1. The van der Waals surface area contributed by atoms with Gasteiger partial charge in [0.15, 0.2) is 0 Å². The maximum absolute atomic E-state index is 11.1. The Morgan fingerprint density at radius 2 is 2.19 bits per heavy atom. The Bertz CT molecular complexity index is 900. The maximum Gasteiger partial charge on any atom is 0.268 e. The van der Waals surface area contributed by atoms with Gasteiger partial charge in [0, 0.05) is 25.0 Å². The van der Waals surface area contributed by atoms with E-state index in [1.54, 1.807) is 0 Å². The third kappa shape index (κ3) is 4.68. The second-order valence-corrected chi connectivity index (χ2v) is 6.62. The Balaban J connectivity index is 1.59. The van der Waals surface area contributed by atoms with Gasteiger partial charge in [0.2, 0.25) is 0 Å². The minimum atomic E-state index is -0.736. The fourth-order valence-electron chi connectivity index (χ4n) is 3.00. The van der Waals surface area contributed by atoms with Crippen molar-refractivity contribution in [3.63, 3.8) is 0 Å². The summed E-state index contributed by atoms with van der Waals surface area (Å²) in [5.74, 6) is 0.282. The van der Waals surface area contributed by atoms with Crippen LogP contribution >= 0.6 is 0 Å². The summed E-state index contributed by atoms with van der Waals surface area (Å²) in [7, 11) is 0. The second kappa shape index (κ2) is 8.73. The molecule has 0 fully saturated rings. The number of rotatable bonds is 10. The smallest absolute Gasteiger partial charge is 0.268 e. The normalized spacial score (nSPS) is 12.4. The monoisotopic (exact) mass is 370 g/mol. The molecule has 1 atom stereocenters. The Morgan fingerprint density at radius 1 is 1.33 bits per heavy atom. The number of imidazole rings is 1. The van der Waals surface area contributed by atoms with Gasteiger partial charge in [-0.05, 0) is 42.8 Å². The van der Waals surface area contributed by atoms with Crippen molar-refractivity contribution in [3.8, 4) is 5.75 Å². The molecule has 3 rings (SSSR count). The third-order valence-electron chi connectivity index (χ3n) is 4.57. The average molecular weight is 370 g/mol. The lowest BCUT2D eigenvalue weighted by molar-refractivity contribution is 0.0905. The van der Waals surface area contributed by atoms with Crippen molar-refractivity contribution in [2.75, 3.05) is 6.61 Å². The highest BCUT2D eigenvalue weighted by Crippen LogP contribution is 2.23. The van der Waals surface area contributed by atoms with E-state index in [4.69, 9.17) is 10.5 Å². The predicted octanol–water partition coefficient (Wildman–Crippen LogP) is 3.09. The molecule has 1 aromatic carbocycles. The summed E-state index contributed by atoms with van der Waals surface area (Å²) in [4.78, 5) is 15.0. The summed E-state index contributed by atoms with van der Waals surface area (Å²) in [6, 6.07) is 8.22. The van der Waals surface area contributed by atoms with E-state index in [1.165, 1.54) is 22.5 Å². The largest absolute Gasteiger partial charge is 0.494 e. The van der Waals surface area contributed by atoms with Crippen molar-refractivity contribution in [1.82, 2.24) is 14.1 Å². The molecular weight excluding hydrogens is 344 g/mol. The maximum atomic E-state index is 11.1. The molecule has 1 amide bonds. The van der Waals surface area contributed by atoms with E-state index in [-0.39, 0.29) is 5.69 Å². The lowest BCUT2D eigenvalue weighted by Gasteiger charge is -2.13. The molecule has 0 spiro atoms. The first-order chi connectivity index (χ1) is 13.1. The molecule has 0 saturated carbocycles. The molecule has 0 radical (unpaired) electrons. The van der Waals surface area contributed by atoms with Gasteiger partial charge < -0.3 is 24.7 Å². The minimum Gasteiger partial charge on any atom is -0.494 e. The van der Waals surface area contributed by atoms with Crippen molar-refractivity contribution >= 4 is 16.8 Å². The van der Waals surface area contributed by atoms with Gasteiger partial charge in [-0.3, -0.25) is 4.79 Å². The van der Waals surface area contributed by atoms with Crippen LogP contribution in [0.2, 0.25) is 0 Å². The SMILES string of the molecule is CCCCOc1ccc2ccn(CCC[C@@H](O)n3cnc(C(N)=O)c3)c2c1. The van der Waals surface area contributed by atoms with Gasteiger partial charge in [0.1, 0.15) is 17.7 Å². The highest BCUT2D eigenvalue weighted by molar-refractivity contribution is 5.90. The summed E-state index contributed by atoms with van der Waals surface area (Å²) in [6.07, 6.45) is 7.68. The zero-order chi connectivity index (χ0) is 19.2. The van der Waals surface area contributed by atoms with E-state index in [0.717, 1.165) is 43.7 Å². The number of amides is 1. The van der Waals surface area contributed by atoms with Crippen molar-refractivity contribution < 1.29 is 14.6 Å². The van der Waals surface area contributed by atoms with Crippen molar-refractivity contribution in [2.45, 2.75) is 45.4 Å². The topological polar surface area (TPSA) is 95.3 Å². The molecule has 0 aliphatic carbocycles. The number of hydrogen-bond acceptors (Lipinski definition) is 4. The number of nitrogens with two attached hydrogens (primary N) is 1. The van der Waals surface area contributed by atoms with Gasteiger partial charge in [0.05, 0.1) is 18.5 Å². The molecule has 3 aromatic rings. The molecular formula is C20H26N4O3. The zero-order valence-corrected chi connectivity index (χ0v) is 15.5. The molecule has 7 nitrogen and oxygen atoms in total. The Labute approximate surface area is 158 Å². The van der Waals surface area contributed by atoms with E-state index in [9.17, 15) is 9.90 Å². The standard InChI is InChI=1S/C20H26N4O3/c1-2-3-11-27-16-7-6-15-8-10-23(18(15)12-16)9-4-5-19(25)24-13-17(20(21)26)22-14-24/h6-8,10,12-14,19,25H,2-5,9,11H2,1H3,(H2,21,26)/t19-/m1/s1. The summed E-state index contributed by atoms with van der Waals surface area (Å²) >= 11 is 0. The summed E-state index contributed by atoms with van der Waals surface area (Å²) in [6.45, 7) is 3.65. The Hall–Kier alpha value is -2.80. The molecule has 3 N–H and O–H groups in total. The number of primary amides is 1. The Kier molecular flexibility index (Phi) is 6.13. The molecule has 2 heterocycles. The molecule has 0 bridgehead atoms. The molecule has 2 aromatic heterocycles. The molecule has 7 heteroatoms. The number of carbonyl (C=O) groups is 1. The van der Waals surface area contributed by atoms with E-state index in [0.29, 0.717) is 6.42 Å². The number of ether oxygens (including phenoxy) is 1. The van der Waals surface area contributed by atoms with Crippen LogP contribution in [0.25, 0.3) is 10.9 Å². The quantitative estimate of drug-likeness (QED) is 0.536. The zero-order valence-electron chi connectivity index (χ0n) is 15.5. The number of unbranched alkanes of at least 4 members (excludes halogenated alkanes) is 1. The molecule has 0 unspecified atom stereocenters. The van der Waals surface area contributed by atoms with Gasteiger partial charge in [-0.25, -0.2) is 4.98 Å². The van der Waals surface area contributed by atoms with Crippen LogP contribution in [0.5, 0.6) is 5.75 Å². The first-order valence-electron chi connectivity index (χ1n) is 9.31. The summed E-state index contributed by atoms with van der Waals surface area (Å²) in [5, 5.41) is 11.4. The number of nitrogens with zero attached hydrogens (tertiary/aromatic N) is 3. The lowest BCUT2D eigenvalue weighted by Crippen LogP contribution is -2.12. The van der Waals surface area contributed by atoms with E-state index < -0.39 is 12.1 Å². The van der Waals surface area contributed by atoms with Crippen molar-refractivity contribution in [1.29, 1.82) is 0 Å². The number of aliphatic hydroxyl groups is 1. The minimum absolute atomic E-state index is 0.154. The number of benzene rings is 1. The lowest BCUT2D eigenvalue weighted by atomic mass is 10.2. The number of hydrogen-bond donors (Lipinski definition) is 2. The first kappa shape index (κ1) is 19.0. The predicted molar refractivity (Wildman–Crippen MR) is 104 cm³/mol. The number of aliphatic hydroxyl groups excluding tert-OH is 1. The van der Waals surface area contributed by atoms with Crippen LogP contribution < -0.4 is 10.5 Å². The summed E-state index contributed by atoms with van der Waals surface area (Å²) in [5.41, 5.74) is 6.46. The highest BCUT2D eigenvalue weighted by Gasteiger charge is 2.11. The van der Waals surface area contributed by atoms with Crippen LogP contribution in [0, 0.1) is 0 Å². The van der Waals surface area contributed by atoms with E-state index in [1.807, 2.05) is 6.07 Å². The van der Waals surface area contributed by atoms with Crippen LogP contribution in [-0.4, -0.2) is 31.7 Å². The molecule has 0 aliphatic rings. The van der Waals surface area contributed by atoms with E-state index >= 15 is 0 Å². The second-order valence-electron chi connectivity index (χ2n) is 6.62. The Morgan fingerprint density at radius 3 is 2.93 bits per heavy atom. The van der Waals surface area contributed by atoms with Crippen molar-refractivity contribution in [3.05, 3.63) is 48.7 Å². The van der Waals surface area contributed by atoms with Crippen LogP contribution in [0.15, 0.2) is 43.0 Å². The van der Waals surface area contributed by atoms with Gasteiger partial charge in [-0.2, -0.15) is 0 Å². The van der Waals surface area contributed by atoms with E-state index in [2.05, 4.69) is 40.9 Å². The van der Waals surface area contributed by atoms with Crippen LogP contribution in [0.4, 0.5) is 0 Å². The number of aromatic nitrogens is 3. The average Bonchev–Trinajstić information content (AvgIpc) is 3.29. The number of fused-ring (bicyclic) bond motifs is 1. The van der Waals surface area contributed by atoms with Crippen molar-refractivity contribution in [2.24, 2.45) is 5.73 Å². The van der Waals surface area contributed by atoms with Gasteiger partial charge in [0.25, 0.3) is 5.91 Å². The molecule has 27 heavy (non-hydrogen) atoms. The number of carbonyl (C=O) groups excluding carboxylic acids is 1. The summed E-state index contributed by atoms with van der Waals surface area (Å²) < 4.78 is 9.47. The third-order valence-corrected chi connectivity index (χ3v) is 4.57. The van der Waals surface area contributed by atoms with Crippen LogP contribution in [0.3, 0.4) is 0 Å². The highest BCUT2D eigenvalue weighted by atomic mass is 16.5. The molecule has 0 saturated heterocycles. The van der Waals surface area contributed by atoms with Gasteiger partial charge in [-0.1, -0.05) is 13.3 Å².